The molecule has 2 atom stereocenters. The molecule has 0 saturated carbocycles. The molecule has 0 spiro atoms. The summed E-state index contributed by atoms with van der Waals surface area (Å²) in [4.78, 5) is 29.3. The van der Waals surface area contributed by atoms with Crippen LogP contribution >= 0.6 is 0 Å². The second kappa shape index (κ2) is 9.39. The number of methoxy groups -OCH3 is 1. The van der Waals surface area contributed by atoms with Crippen molar-refractivity contribution in [2.45, 2.75) is 24.8 Å². The molecule has 0 bridgehead atoms. The van der Waals surface area contributed by atoms with E-state index in [1.807, 2.05) is 36.4 Å². The van der Waals surface area contributed by atoms with Gasteiger partial charge in [0.25, 0.3) is 0 Å². The number of amides is 2. The van der Waals surface area contributed by atoms with E-state index in [-0.39, 0.29) is 18.1 Å². The predicted molar refractivity (Wildman–Crippen MR) is 139 cm³/mol. The monoisotopic (exact) mass is 495 g/mol. The van der Waals surface area contributed by atoms with E-state index in [0.29, 0.717) is 34.9 Å². The van der Waals surface area contributed by atoms with Crippen LogP contribution in [0.5, 0.6) is 5.75 Å². The Morgan fingerprint density at radius 3 is 2.38 bits per heavy atom. The van der Waals surface area contributed by atoms with Gasteiger partial charge in [-0.15, -0.1) is 0 Å². The summed E-state index contributed by atoms with van der Waals surface area (Å²) in [6.07, 6.45) is 4.01. The molecule has 0 radical (unpaired) electrons. The van der Waals surface area contributed by atoms with Crippen molar-refractivity contribution in [3.8, 4) is 5.75 Å². The summed E-state index contributed by atoms with van der Waals surface area (Å²) in [5, 5.41) is 6.45. The summed E-state index contributed by atoms with van der Waals surface area (Å²) in [5.41, 5.74) is 3.22. The first kappa shape index (κ1) is 22.7. The van der Waals surface area contributed by atoms with E-state index < -0.39 is 12.1 Å². The van der Waals surface area contributed by atoms with Gasteiger partial charge >= 0.3 is 6.03 Å². The van der Waals surface area contributed by atoms with Crippen molar-refractivity contribution in [2.75, 3.05) is 22.6 Å². The maximum absolute atomic E-state index is 13.9. The zero-order chi connectivity index (χ0) is 25.4. The highest BCUT2D eigenvalue weighted by atomic mass is 16.5. The minimum atomic E-state index is -0.760. The minimum Gasteiger partial charge on any atom is -0.497 e. The van der Waals surface area contributed by atoms with Gasteiger partial charge in [-0.1, -0.05) is 12.1 Å². The first-order chi connectivity index (χ1) is 18.1. The second-order valence-electron chi connectivity index (χ2n) is 9.02. The lowest BCUT2D eigenvalue weighted by Crippen LogP contribution is -2.40. The number of carbonyl (C=O) groups excluding carboxylic acids is 2. The standard InChI is InChI=1S/C29H25N3O5/c1-35-20-12-10-19(11-13-20)30-29(34)32-23-7-3-2-6-21(23)31-22-16-18(25-8-4-14-36-25)17-24(33)27(22)28(32)26-9-5-15-37-26/h2-15,18,28,31H,16-17H2,1H3,(H,30,34). The van der Waals surface area contributed by atoms with Crippen LogP contribution in [0.2, 0.25) is 0 Å². The SMILES string of the molecule is COc1ccc(NC(=O)N2c3ccccc3NC3=C(C(=O)CC(c4ccco4)C3)C2c2ccco2)cc1. The van der Waals surface area contributed by atoms with Crippen molar-refractivity contribution in [2.24, 2.45) is 0 Å². The van der Waals surface area contributed by atoms with Gasteiger partial charge in [0, 0.05) is 29.3 Å². The first-order valence-electron chi connectivity index (χ1n) is 12.1. The number of urea groups is 1. The molecule has 2 aliphatic rings. The molecule has 3 heterocycles. The molecule has 186 valence electrons. The first-order valence-corrected chi connectivity index (χ1v) is 12.1. The summed E-state index contributed by atoms with van der Waals surface area (Å²) < 4.78 is 16.7. The number of furan rings is 2. The van der Waals surface area contributed by atoms with E-state index in [0.717, 1.165) is 17.1 Å². The molecule has 8 heteroatoms. The Morgan fingerprint density at radius 2 is 1.68 bits per heavy atom. The van der Waals surface area contributed by atoms with Gasteiger partial charge in [0.15, 0.2) is 5.78 Å². The number of nitrogens with zero attached hydrogens (tertiary/aromatic N) is 1. The fourth-order valence-electron chi connectivity index (χ4n) is 5.11. The number of benzene rings is 2. The Balaban J connectivity index is 1.47. The van der Waals surface area contributed by atoms with Crippen molar-refractivity contribution < 1.29 is 23.2 Å². The van der Waals surface area contributed by atoms with Gasteiger partial charge in [-0.25, -0.2) is 4.79 Å². The smallest absolute Gasteiger partial charge is 0.327 e. The molecule has 4 aromatic rings. The Kier molecular flexibility index (Phi) is 5.76. The quantitative estimate of drug-likeness (QED) is 0.336. The number of ketones is 1. The predicted octanol–water partition coefficient (Wildman–Crippen LogP) is 6.49. The third kappa shape index (κ3) is 4.16. The second-order valence-corrected chi connectivity index (χ2v) is 9.02. The van der Waals surface area contributed by atoms with Crippen LogP contribution in [0.4, 0.5) is 21.9 Å². The van der Waals surface area contributed by atoms with Gasteiger partial charge in [-0.05, 0) is 67.1 Å². The van der Waals surface area contributed by atoms with Crippen LogP contribution < -0.4 is 20.3 Å². The molecule has 2 unspecified atom stereocenters. The van der Waals surface area contributed by atoms with Gasteiger partial charge in [-0.2, -0.15) is 0 Å². The van der Waals surface area contributed by atoms with Gasteiger partial charge < -0.3 is 24.2 Å². The molecule has 0 saturated heterocycles. The third-order valence-electron chi connectivity index (χ3n) is 6.81. The van der Waals surface area contributed by atoms with Crippen LogP contribution in [0.15, 0.2) is 105 Å². The topological polar surface area (TPSA) is 97.0 Å². The fourth-order valence-corrected chi connectivity index (χ4v) is 5.11. The zero-order valence-corrected chi connectivity index (χ0v) is 20.1. The summed E-state index contributed by atoms with van der Waals surface area (Å²) in [5.74, 6) is 1.79. The van der Waals surface area contributed by atoms with E-state index in [1.54, 1.807) is 60.9 Å². The van der Waals surface area contributed by atoms with E-state index in [1.165, 1.54) is 0 Å². The molecule has 37 heavy (non-hydrogen) atoms. The van der Waals surface area contributed by atoms with Crippen LogP contribution in [-0.2, 0) is 4.79 Å². The Labute approximate surface area is 213 Å². The number of allylic oxidation sites excluding steroid dienone is 1. The zero-order valence-electron chi connectivity index (χ0n) is 20.1. The lowest BCUT2D eigenvalue weighted by molar-refractivity contribution is -0.116. The molecule has 1 aliphatic heterocycles. The summed E-state index contributed by atoms with van der Waals surface area (Å²) >= 11 is 0. The number of Topliss-reactive ketones (excluding diaryl/α,β-unsaturated/α-hetero) is 1. The normalized spacial score (nSPS) is 18.9. The summed E-state index contributed by atoms with van der Waals surface area (Å²) in [7, 11) is 1.59. The highest BCUT2D eigenvalue weighted by Gasteiger charge is 2.43. The van der Waals surface area contributed by atoms with Crippen molar-refractivity contribution in [3.63, 3.8) is 0 Å². The number of para-hydroxylation sites is 2. The van der Waals surface area contributed by atoms with Gasteiger partial charge in [0.1, 0.15) is 23.3 Å². The molecule has 6 rings (SSSR count). The maximum atomic E-state index is 13.9. The average Bonchev–Trinajstić information content (AvgIpc) is 3.62. The largest absolute Gasteiger partial charge is 0.497 e. The molecule has 2 N–H and O–H groups in total. The summed E-state index contributed by atoms with van der Waals surface area (Å²) in [6.45, 7) is 0. The van der Waals surface area contributed by atoms with Gasteiger partial charge in [-0.3, -0.25) is 9.69 Å². The van der Waals surface area contributed by atoms with Gasteiger partial charge in [0.05, 0.1) is 31.0 Å². The number of carbonyl (C=O) groups is 2. The fraction of sp³-hybridized carbons (Fsp3) is 0.172. The van der Waals surface area contributed by atoms with E-state index in [9.17, 15) is 9.59 Å². The molecule has 0 fully saturated rings. The highest BCUT2D eigenvalue weighted by molar-refractivity contribution is 6.09. The van der Waals surface area contributed by atoms with Crippen LogP contribution in [0.3, 0.4) is 0 Å². The summed E-state index contributed by atoms with van der Waals surface area (Å²) in [6, 6.07) is 20.7. The van der Waals surface area contributed by atoms with Crippen molar-refractivity contribution in [3.05, 3.63) is 108 Å². The van der Waals surface area contributed by atoms with Crippen LogP contribution in [0.1, 0.15) is 36.3 Å². The molecular weight excluding hydrogens is 470 g/mol. The maximum Gasteiger partial charge on any atom is 0.327 e. The van der Waals surface area contributed by atoms with E-state index in [4.69, 9.17) is 13.6 Å². The van der Waals surface area contributed by atoms with Crippen molar-refractivity contribution >= 4 is 28.9 Å². The number of ether oxygens (including phenoxy) is 1. The molecular formula is C29H25N3O5. The lowest BCUT2D eigenvalue weighted by atomic mass is 9.81. The van der Waals surface area contributed by atoms with Crippen molar-refractivity contribution in [1.29, 1.82) is 0 Å². The molecule has 8 nitrogen and oxygen atoms in total. The van der Waals surface area contributed by atoms with Gasteiger partial charge in [0.2, 0.25) is 0 Å². The molecule has 2 aromatic heterocycles. The molecule has 1 aliphatic carbocycles. The Morgan fingerprint density at radius 1 is 0.946 bits per heavy atom. The van der Waals surface area contributed by atoms with E-state index in [2.05, 4.69) is 10.6 Å². The van der Waals surface area contributed by atoms with Crippen molar-refractivity contribution in [1.82, 2.24) is 0 Å². The number of rotatable bonds is 4. The molecule has 2 aromatic carbocycles. The molecule has 2 amide bonds. The van der Waals surface area contributed by atoms with Crippen LogP contribution in [0, 0.1) is 0 Å². The Bertz CT molecular complexity index is 1460. The van der Waals surface area contributed by atoms with Crippen LogP contribution in [0.25, 0.3) is 0 Å². The van der Waals surface area contributed by atoms with E-state index >= 15 is 0 Å². The minimum absolute atomic E-state index is 0.0633. The third-order valence-corrected chi connectivity index (χ3v) is 6.81. The number of hydrogen-bond acceptors (Lipinski definition) is 6. The lowest BCUT2D eigenvalue weighted by Gasteiger charge is -2.33. The number of anilines is 3. The van der Waals surface area contributed by atoms with Crippen LogP contribution in [-0.4, -0.2) is 18.9 Å². The Hall–Kier alpha value is -4.72. The number of hydrogen-bond donors (Lipinski definition) is 2. The number of nitrogens with one attached hydrogen (secondary N) is 2. The number of fused-ring (bicyclic) bond motifs is 1. The average molecular weight is 496 g/mol. The highest BCUT2D eigenvalue weighted by Crippen LogP contribution is 2.47.